The molecule has 1 rings (SSSR count). The Morgan fingerprint density at radius 1 is 1.44 bits per heavy atom. The number of aliphatic hydroxyl groups is 1. The van der Waals surface area contributed by atoms with Crippen LogP contribution in [0.2, 0.25) is 0 Å². The molecule has 0 saturated carbocycles. The highest BCUT2D eigenvalue weighted by Crippen LogP contribution is 2.19. The number of halogens is 1. The van der Waals surface area contributed by atoms with Crippen LogP contribution in [0.4, 0.5) is 4.39 Å². The lowest BCUT2D eigenvalue weighted by Crippen LogP contribution is -2.12. The first-order valence-corrected chi connectivity index (χ1v) is 4.60. The number of Topliss-reactive ketones (excluding diaryl/α,β-unsaturated/α-hetero) is 1. The standard InChI is InChI=1S/C11H11FO4/c1-6(13)4-7-2-3-8(9(12)5-7)10(14)11(15)16/h2-3,5,10,14H,4H2,1H3,(H,15,16). The smallest absolute Gasteiger partial charge is 0.337 e. The molecule has 1 aromatic rings. The highest BCUT2D eigenvalue weighted by Gasteiger charge is 2.20. The highest BCUT2D eigenvalue weighted by molar-refractivity contribution is 5.78. The molecule has 0 fully saturated rings. The van der Waals surface area contributed by atoms with Crippen LogP contribution in [0.1, 0.15) is 24.2 Å². The van der Waals surface area contributed by atoms with Gasteiger partial charge in [-0.2, -0.15) is 0 Å². The molecular formula is C11H11FO4. The van der Waals surface area contributed by atoms with Crippen molar-refractivity contribution in [2.75, 3.05) is 0 Å². The fourth-order valence-electron chi connectivity index (χ4n) is 1.32. The maximum absolute atomic E-state index is 13.4. The molecule has 1 unspecified atom stereocenters. The van der Waals surface area contributed by atoms with Crippen molar-refractivity contribution in [3.8, 4) is 0 Å². The first-order valence-electron chi connectivity index (χ1n) is 4.60. The summed E-state index contributed by atoms with van der Waals surface area (Å²) in [5.41, 5.74) is 0.145. The molecule has 0 amide bonds. The third-order valence-electron chi connectivity index (χ3n) is 2.05. The number of hydrogen-bond acceptors (Lipinski definition) is 3. The molecule has 0 aliphatic carbocycles. The van der Waals surface area contributed by atoms with Crippen LogP contribution in [0.15, 0.2) is 18.2 Å². The van der Waals surface area contributed by atoms with Crippen LogP contribution in [0, 0.1) is 5.82 Å². The van der Waals surface area contributed by atoms with Gasteiger partial charge in [-0.05, 0) is 18.6 Å². The zero-order valence-electron chi connectivity index (χ0n) is 8.61. The van der Waals surface area contributed by atoms with Gasteiger partial charge in [-0.15, -0.1) is 0 Å². The number of benzene rings is 1. The molecule has 0 aliphatic rings. The van der Waals surface area contributed by atoms with Gasteiger partial charge < -0.3 is 10.2 Å². The third kappa shape index (κ3) is 2.87. The third-order valence-corrected chi connectivity index (χ3v) is 2.05. The molecule has 0 saturated heterocycles. The predicted octanol–water partition coefficient (Wildman–Crippen LogP) is 1.08. The molecule has 0 aromatic heterocycles. The van der Waals surface area contributed by atoms with Crippen LogP contribution >= 0.6 is 0 Å². The number of hydrogen-bond donors (Lipinski definition) is 2. The van der Waals surface area contributed by atoms with Gasteiger partial charge in [-0.3, -0.25) is 4.79 Å². The number of rotatable bonds is 4. The summed E-state index contributed by atoms with van der Waals surface area (Å²) in [6.45, 7) is 1.37. The van der Waals surface area contributed by atoms with Crippen molar-refractivity contribution in [1.82, 2.24) is 0 Å². The quantitative estimate of drug-likeness (QED) is 0.805. The van der Waals surface area contributed by atoms with Gasteiger partial charge in [0.2, 0.25) is 0 Å². The SMILES string of the molecule is CC(=O)Cc1ccc(C(O)C(=O)O)c(F)c1. The first kappa shape index (κ1) is 12.3. The van der Waals surface area contributed by atoms with Gasteiger partial charge in [0.25, 0.3) is 0 Å². The van der Waals surface area contributed by atoms with Gasteiger partial charge in [0.05, 0.1) is 0 Å². The fourth-order valence-corrected chi connectivity index (χ4v) is 1.32. The van der Waals surface area contributed by atoms with E-state index in [2.05, 4.69) is 0 Å². The Morgan fingerprint density at radius 3 is 2.50 bits per heavy atom. The van der Waals surface area contributed by atoms with Crippen molar-refractivity contribution in [3.05, 3.63) is 35.1 Å². The van der Waals surface area contributed by atoms with Crippen molar-refractivity contribution in [2.45, 2.75) is 19.4 Å². The molecule has 86 valence electrons. The molecule has 2 N–H and O–H groups in total. The minimum Gasteiger partial charge on any atom is -0.479 e. The van der Waals surface area contributed by atoms with E-state index < -0.39 is 17.9 Å². The van der Waals surface area contributed by atoms with Gasteiger partial charge in [0, 0.05) is 12.0 Å². The molecule has 4 nitrogen and oxygen atoms in total. The molecule has 0 bridgehead atoms. The van der Waals surface area contributed by atoms with Crippen molar-refractivity contribution in [2.24, 2.45) is 0 Å². The van der Waals surface area contributed by atoms with Gasteiger partial charge in [0.15, 0.2) is 6.10 Å². The number of carbonyl (C=O) groups excluding carboxylic acids is 1. The number of carboxylic acids is 1. The average molecular weight is 226 g/mol. The lowest BCUT2D eigenvalue weighted by atomic mass is 10.0. The first-order chi connectivity index (χ1) is 7.41. The van der Waals surface area contributed by atoms with Crippen molar-refractivity contribution >= 4 is 11.8 Å². The second kappa shape index (κ2) is 4.85. The summed E-state index contributed by atoms with van der Waals surface area (Å²) in [6.07, 6.45) is -1.80. The van der Waals surface area contributed by atoms with E-state index in [4.69, 9.17) is 10.2 Å². The number of aliphatic hydroxyl groups excluding tert-OH is 1. The summed E-state index contributed by atoms with van der Waals surface area (Å²) in [6, 6.07) is 3.65. The van der Waals surface area contributed by atoms with E-state index in [1.165, 1.54) is 19.1 Å². The molecule has 0 heterocycles. The van der Waals surface area contributed by atoms with E-state index in [9.17, 15) is 14.0 Å². The molecule has 16 heavy (non-hydrogen) atoms. The monoisotopic (exact) mass is 226 g/mol. The van der Waals surface area contributed by atoms with E-state index in [0.717, 1.165) is 6.07 Å². The lowest BCUT2D eigenvalue weighted by molar-refractivity contribution is -0.147. The Morgan fingerprint density at radius 2 is 2.06 bits per heavy atom. The van der Waals surface area contributed by atoms with E-state index >= 15 is 0 Å². The van der Waals surface area contributed by atoms with Gasteiger partial charge >= 0.3 is 5.97 Å². The topological polar surface area (TPSA) is 74.6 Å². The Labute approximate surface area is 91.3 Å². The Balaban J connectivity index is 3.00. The Hall–Kier alpha value is -1.75. The number of aliphatic carboxylic acids is 1. The molecule has 0 radical (unpaired) electrons. The number of carbonyl (C=O) groups is 2. The van der Waals surface area contributed by atoms with E-state index in [-0.39, 0.29) is 17.8 Å². The number of ketones is 1. The van der Waals surface area contributed by atoms with Crippen molar-refractivity contribution in [1.29, 1.82) is 0 Å². The summed E-state index contributed by atoms with van der Waals surface area (Å²) in [4.78, 5) is 21.2. The Kier molecular flexibility index (Phi) is 3.73. The second-order valence-electron chi connectivity index (χ2n) is 3.48. The van der Waals surface area contributed by atoms with Crippen LogP contribution in [0.3, 0.4) is 0 Å². The summed E-state index contributed by atoms with van der Waals surface area (Å²) in [5, 5.41) is 17.6. The van der Waals surface area contributed by atoms with E-state index in [0.29, 0.717) is 5.56 Å². The largest absolute Gasteiger partial charge is 0.479 e. The van der Waals surface area contributed by atoms with Crippen LogP contribution in [-0.4, -0.2) is 22.0 Å². The Bertz CT molecular complexity index is 428. The van der Waals surface area contributed by atoms with Crippen LogP contribution < -0.4 is 0 Å². The summed E-state index contributed by atoms with van der Waals surface area (Å²) in [5.74, 6) is -2.46. The molecular weight excluding hydrogens is 215 g/mol. The van der Waals surface area contributed by atoms with E-state index in [1.807, 2.05) is 0 Å². The molecule has 1 aromatic carbocycles. The van der Waals surface area contributed by atoms with Crippen LogP contribution in [0.5, 0.6) is 0 Å². The molecule has 0 aliphatic heterocycles. The zero-order chi connectivity index (χ0) is 12.3. The fraction of sp³-hybridized carbons (Fsp3) is 0.273. The molecule has 0 spiro atoms. The maximum Gasteiger partial charge on any atom is 0.337 e. The van der Waals surface area contributed by atoms with Crippen molar-refractivity contribution < 1.29 is 24.2 Å². The zero-order valence-corrected chi connectivity index (χ0v) is 8.61. The lowest BCUT2D eigenvalue weighted by Gasteiger charge is -2.08. The number of carboxylic acid groups (broad SMARTS) is 1. The summed E-state index contributed by atoms with van der Waals surface area (Å²) >= 11 is 0. The minimum atomic E-state index is -1.88. The normalized spacial score (nSPS) is 12.2. The van der Waals surface area contributed by atoms with Crippen LogP contribution in [0.25, 0.3) is 0 Å². The minimum absolute atomic E-state index is 0.0837. The van der Waals surface area contributed by atoms with Gasteiger partial charge in [-0.1, -0.05) is 12.1 Å². The van der Waals surface area contributed by atoms with E-state index in [1.54, 1.807) is 0 Å². The highest BCUT2D eigenvalue weighted by atomic mass is 19.1. The predicted molar refractivity (Wildman–Crippen MR) is 53.4 cm³/mol. The van der Waals surface area contributed by atoms with Gasteiger partial charge in [-0.25, -0.2) is 9.18 Å². The average Bonchev–Trinajstić information content (AvgIpc) is 2.15. The maximum atomic E-state index is 13.4. The van der Waals surface area contributed by atoms with Gasteiger partial charge in [0.1, 0.15) is 11.6 Å². The van der Waals surface area contributed by atoms with Crippen molar-refractivity contribution in [3.63, 3.8) is 0 Å². The second-order valence-corrected chi connectivity index (χ2v) is 3.48. The summed E-state index contributed by atoms with van der Waals surface area (Å²) < 4.78 is 13.4. The summed E-state index contributed by atoms with van der Waals surface area (Å²) in [7, 11) is 0. The molecule has 5 heteroatoms. The molecule has 1 atom stereocenters. The van der Waals surface area contributed by atoms with Crippen LogP contribution in [-0.2, 0) is 16.0 Å².